The van der Waals surface area contributed by atoms with Gasteiger partial charge in [-0.1, -0.05) is 24.8 Å². The van der Waals surface area contributed by atoms with Gasteiger partial charge in [-0.3, -0.25) is 4.90 Å². The summed E-state index contributed by atoms with van der Waals surface area (Å²) >= 11 is 0. The molecule has 0 spiro atoms. The first-order valence-electron chi connectivity index (χ1n) is 8.71. The molecule has 1 N–H and O–H groups in total. The van der Waals surface area contributed by atoms with Crippen molar-refractivity contribution in [2.75, 3.05) is 26.7 Å². The van der Waals surface area contributed by atoms with E-state index < -0.39 is 17.2 Å². The summed E-state index contributed by atoms with van der Waals surface area (Å²) in [6, 6.07) is 2.92. The highest BCUT2D eigenvalue weighted by Crippen LogP contribution is 2.33. The maximum atomic E-state index is 14.5. The van der Waals surface area contributed by atoms with E-state index in [1.165, 1.54) is 30.2 Å². The Balaban J connectivity index is 2.38. The molecule has 1 fully saturated rings. The molecule has 142 valence electrons. The van der Waals surface area contributed by atoms with Crippen LogP contribution in [0.2, 0.25) is 0 Å². The summed E-state index contributed by atoms with van der Waals surface area (Å²) in [7, 11) is 1.74. The van der Waals surface area contributed by atoms with E-state index in [4.69, 9.17) is 0 Å². The van der Waals surface area contributed by atoms with Crippen molar-refractivity contribution in [1.82, 2.24) is 9.80 Å². The zero-order valence-electron chi connectivity index (χ0n) is 15.5. The highest BCUT2D eigenvalue weighted by atomic mass is 19.1. The second kappa shape index (κ2) is 8.56. The second-order valence-corrected chi connectivity index (χ2v) is 6.87. The predicted molar refractivity (Wildman–Crippen MR) is 101 cm³/mol. The Hall–Kier alpha value is -2.05. The minimum atomic E-state index is -1.54. The molecule has 26 heavy (non-hydrogen) atoms. The van der Waals surface area contributed by atoms with Crippen molar-refractivity contribution in [3.8, 4) is 0 Å². The van der Waals surface area contributed by atoms with Crippen LogP contribution >= 0.6 is 0 Å². The third-order valence-electron chi connectivity index (χ3n) is 5.00. The summed E-state index contributed by atoms with van der Waals surface area (Å²) < 4.78 is 27.9. The van der Waals surface area contributed by atoms with E-state index in [0.717, 1.165) is 32.0 Å². The first kappa shape index (κ1) is 20.3. The summed E-state index contributed by atoms with van der Waals surface area (Å²) in [6.07, 6.45) is 4.60. The zero-order valence-corrected chi connectivity index (χ0v) is 15.5. The van der Waals surface area contributed by atoms with Gasteiger partial charge in [0.1, 0.15) is 17.2 Å². The van der Waals surface area contributed by atoms with E-state index in [-0.39, 0.29) is 18.2 Å². The summed E-state index contributed by atoms with van der Waals surface area (Å²) in [4.78, 5) is 7.73. The van der Waals surface area contributed by atoms with E-state index in [1.54, 1.807) is 11.9 Å². The lowest BCUT2D eigenvalue weighted by Crippen LogP contribution is -2.55. The van der Waals surface area contributed by atoms with Gasteiger partial charge >= 0.3 is 0 Å². The Kier molecular flexibility index (Phi) is 6.67. The molecule has 1 aliphatic rings. The van der Waals surface area contributed by atoms with Gasteiger partial charge in [0.15, 0.2) is 0 Å². The van der Waals surface area contributed by atoms with Gasteiger partial charge < -0.3 is 10.0 Å². The SMILES string of the molecule is C=CN=CN(C)C[C@](O)(c1ccc(F)cc1F)[C@@H](C)N1CCC(=C)CC1. The molecule has 6 heteroatoms. The van der Waals surface area contributed by atoms with Crippen molar-refractivity contribution in [3.05, 3.63) is 60.3 Å². The number of halogens is 2. The molecule has 1 aromatic rings. The second-order valence-electron chi connectivity index (χ2n) is 6.87. The van der Waals surface area contributed by atoms with Crippen LogP contribution in [0.15, 0.2) is 48.1 Å². The molecule has 2 atom stereocenters. The smallest absolute Gasteiger partial charge is 0.132 e. The lowest BCUT2D eigenvalue weighted by atomic mass is 9.84. The van der Waals surface area contributed by atoms with E-state index in [2.05, 4.69) is 23.1 Å². The van der Waals surface area contributed by atoms with E-state index in [9.17, 15) is 13.9 Å². The van der Waals surface area contributed by atoms with Gasteiger partial charge in [-0.2, -0.15) is 0 Å². The van der Waals surface area contributed by atoms with Crippen LogP contribution < -0.4 is 0 Å². The third kappa shape index (κ3) is 4.56. The van der Waals surface area contributed by atoms with Crippen molar-refractivity contribution in [3.63, 3.8) is 0 Å². The average Bonchev–Trinajstić information content (AvgIpc) is 2.59. The lowest BCUT2D eigenvalue weighted by Gasteiger charge is -2.44. The molecule has 0 radical (unpaired) electrons. The number of nitrogens with zero attached hydrogens (tertiary/aromatic N) is 3. The summed E-state index contributed by atoms with van der Waals surface area (Å²) in [5, 5.41) is 11.6. The van der Waals surface area contributed by atoms with E-state index in [0.29, 0.717) is 0 Å². The molecule has 1 aromatic carbocycles. The normalized spacial score (nSPS) is 19.3. The topological polar surface area (TPSA) is 39.1 Å². The zero-order chi connectivity index (χ0) is 19.3. The molecule has 1 saturated heterocycles. The number of piperidine rings is 1. The largest absolute Gasteiger partial charge is 0.382 e. The molecule has 0 unspecified atom stereocenters. The molecule has 1 aliphatic heterocycles. The molecule has 0 amide bonds. The monoisotopic (exact) mass is 363 g/mol. The van der Waals surface area contributed by atoms with Crippen molar-refractivity contribution in [1.29, 1.82) is 0 Å². The number of hydrogen-bond donors (Lipinski definition) is 1. The number of likely N-dealkylation sites (N-methyl/N-ethyl adjacent to an activating group) is 1. The molecule has 0 saturated carbocycles. The van der Waals surface area contributed by atoms with Crippen LogP contribution in [0.1, 0.15) is 25.3 Å². The highest BCUT2D eigenvalue weighted by Gasteiger charge is 2.42. The molecular formula is C20H27F2N3O. The van der Waals surface area contributed by atoms with Gasteiger partial charge in [0.2, 0.25) is 0 Å². The summed E-state index contributed by atoms with van der Waals surface area (Å²) in [5.74, 6) is -1.42. The Labute approximate surface area is 154 Å². The Morgan fingerprint density at radius 1 is 1.38 bits per heavy atom. The summed E-state index contributed by atoms with van der Waals surface area (Å²) in [6.45, 7) is 11.0. The van der Waals surface area contributed by atoms with Gasteiger partial charge in [-0.15, -0.1) is 0 Å². The first-order valence-corrected chi connectivity index (χ1v) is 8.71. The van der Waals surface area contributed by atoms with Crippen molar-refractivity contribution < 1.29 is 13.9 Å². The van der Waals surface area contributed by atoms with Crippen LogP contribution in [-0.4, -0.2) is 54.0 Å². The Morgan fingerprint density at radius 2 is 2.04 bits per heavy atom. The molecule has 4 nitrogen and oxygen atoms in total. The average molecular weight is 363 g/mol. The minimum Gasteiger partial charge on any atom is -0.382 e. The van der Waals surface area contributed by atoms with Crippen LogP contribution in [0.5, 0.6) is 0 Å². The fraction of sp³-hybridized carbons (Fsp3) is 0.450. The van der Waals surface area contributed by atoms with Gasteiger partial charge in [-0.25, -0.2) is 13.8 Å². The predicted octanol–water partition coefficient (Wildman–Crippen LogP) is 3.30. The Morgan fingerprint density at radius 3 is 2.62 bits per heavy atom. The van der Waals surface area contributed by atoms with Crippen LogP contribution in [0, 0.1) is 11.6 Å². The van der Waals surface area contributed by atoms with Gasteiger partial charge in [0, 0.05) is 44.0 Å². The number of benzene rings is 1. The van der Waals surface area contributed by atoms with Crippen LogP contribution in [0.3, 0.4) is 0 Å². The molecule has 1 heterocycles. The number of rotatable bonds is 7. The molecule has 0 aliphatic carbocycles. The highest BCUT2D eigenvalue weighted by molar-refractivity contribution is 5.55. The quantitative estimate of drug-likeness (QED) is 0.459. The van der Waals surface area contributed by atoms with Crippen molar-refractivity contribution >= 4 is 6.34 Å². The molecule has 0 bridgehead atoms. The number of aliphatic hydroxyl groups is 1. The van der Waals surface area contributed by atoms with Gasteiger partial charge in [0.25, 0.3) is 0 Å². The molecular weight excluding hydrogens is 336 g/mol. The minimum absolute atomic E-state index is 0.0784. The van der Waals surface area contributed by atoms with Crippen molar-refractivity contribution in [2.24, 2.45) is 4.99 Å². The van der Waals surface area contributed by atoms with Gasteiger partial charge in [0.05, 0.1) is 12.9 Å². The lowest BCUT2D eigenvalue weighted by molar-refractivity contribution is -0.0599. The number of likely N-dealkylation sites (tertiary alicyclic amines) is 1. The fourth-order valence-electron chi connectivity index (χ4n) is 3.39. The first-order chi connectivity index (χ1) is 12.3. The fourth-order valence-corrected chi connectivity index (χ4v) is 3.39. The van der Waals surface area contributed by atoms with Crippen molar-refractivity contribution in [2.45, 2.75) is 31.4 Å². The Bertz CT molecular complexity index is 682. The number of aliphatic imine (C=N–C) groups is 1. The standard InChI is InChI=1S/C20H27F2N3O/c1-5-23-14-24(4)13-20(26,18-7-6-17(21)12-19(18)22)16(3)25-10-8-15(2)9-11-25/h5-7,12,14,16,26H,1-2,8-11,13H2,3-4H3/t16-,20-/m1/s1. The van der Waals surface area contributed by atoms with E-state index >= 15 is 0 Å². The maximum absolute atomic E-state index is 14.5. The van der Waals surface area contributed by atoms with Gasteiger partial charge in [-0.05, 0) is 25.8 Å². The van der Waals surface area contributed by atoms with Crippen LogP contribution in [0.25, 0.3) is 0 Å². The third-order valence-corrected chi connectivity index (χ3v) is 5.00. The molecule has 2 rings (SSSR count). The van der Waals surface area contributed by atoms with Crippen LogP contribution in [-0.2, 0) is 5.60 Å². The van der Waals surface area contributed by atoms with Crippen LogP contribution in [0.4, 0.5) is 8.78 Å². The maximum Gasteiger partial charge on any atom is 0.132 e. The molecule has 0 aromatic heterocycles. The van der Waals surface area contributed by atoms with E-state index in [1.807, 2.05) is 6.92 Å². The number of hydrogen-bond acceptors (Lipinski definition) is 3. The summed E-state index contributed by atoms with van der Waals surface area (Å²) in [5.41, 5.74) is -0.284.